The predicted octanol–water partition coefficient (Wildman–Crippen LogP) is -0.367. The Morgan fingerprint density at radius 2 is 2.25 bits per heavy atom. The van der Waals surface area contributed by atoms with Crippen LogP contribution >= 0.6 is 0 Å². The van der Waals surface area contributed by atoms with Crippen molar-refractivity contribution in [2.75, 3.05) is 13.1 Å². The summed E-state index contributed by atoms with van der Waals surface area (Å²) in [6.07, 6.45) is 4.91. The van der Waals surface area contributed by atoms with Gasteiger partial charge in [0.25, 0.3) is 0 Å². The van der Waals surface area contributed by atoms with Crippen molar-refractivity contribution in [2.45, 2.75) is 44.2 Å². The van der Waals surface area contributed by atoms with Gasteiger partial charge >= 0.3 is 0 Å². The Labute approximate surface area is 96.1 Å². The summed E-state index contributed by atoms with van der Waals surface area (Å²) in [7, 11) is 0. The number of nitrogens with two attached hydrogens (primary N) is 2. The second kappa shape index (κ2) is 6.60. The minimum Gasteiger partial charge on any atom is -0.332 e. The molecule has 2 atom stereocenters. The van der Waals surface area contributed by atoms with Crippen LogP contribution in [0, 0.1) is 0 Å². The summed E-state index contributed by atoms with van der Waals surface area (Å²) in [4.78, 5) is 24.3. The summed E-state index contributed by atoms with van der Waals surface area (Å²) in [5.41, 5.74) is 11.2. The van der Waals surface area contributed by atoms with E-state index in [4.69, 9.17) is 11.5 Å². The Kier molecular flexibility index (Phi) is 5.42. The molecular weight excluding hydrogens is 206 g/mol. The van der Waals surface area contributed by atoms with Crippen molar-refractivity contribution in [3.8, 4) is 0 Å². The van der Waals surface area contributed by atoms with Gasteiger partial charge in [0.15, 0.2) is 0 Å². The van der Waals surface area contributed by atoms with Crippen LogP contribution in [0.5, 0.6) is 0 Å². The van der Waals surface area contributed by atoms with Gasteiger partial charge in [-0.25, -0.2) is 0 Å². The molecule has 1 amide bonds. The third-order valence-electron chi connectivity index (χ3n) is 3.03. The van der Waals surface area contributed by atoms with E-state index in [0.29, 0.717) is 19.5 Å². The van der Waals surface area contributed by atoms with Crippen LogP contribution in [0.1, 0.15) is 32.1 Å². The Balaban J connectivity index is 2.40. The molecule has 1 fully saturated rings. The fraction of sp³-hybridized carbons (Fsp3) is 0.818. The average Bonchev–Trinajstić information content (AvgIpc) is 2.76. The van der Waals surface area contributed by atoms with Crippen molar-refractivity contribution in [1.82, 2.24) is 4.90 Å². The number of hydrogen-bond acceptors (Lipinski definition) is 4. The zero-order valence-corrected chi connectivity index (χ0v) is 9.60. The fourth-order valence-corrected chi connectivity index (χ4v) is 2.05. The zero-order valence-electron chi connectivity index (χ0n) is 9.60. The molecule has 92 valence electrons. The molecule has 1 heterocycles. The molecule has 1 rings (SSSR count). The lowest BCUT2D eigenvalue weighted by Gasteiger charge is -2.24. The first-order chi connectivity index (χ1) is 7.70. The number of nitrogens with zero attached hydrogens (tertiary/aromatic N) is 1. The minimum atomic E-state index is -0.480. The maximum atomic E-state index is 11.9. The van der Waals surface area contributed by atoms with Crippen molar-refractivity contribution in [2.24, 2.45) is 11.5 Å². The normalized spacial score (nSPS) is 22.1. The van der Waals surface area contributed by atoms with Crippen LogP contribution in [0.4, 0.5) is 0 Å². The minimum absolute atomic E-state index is 0.0911. The number of hydrogen-bond donors (Lipinski definition) is 2. The summed E-state index contributed by atoms with van der Waals surface area (Å²) in [5.74, 6) is -0.0911. The lowest BCUT2D eigenvalue weighted by Crippen LogP contribution is -2.46. The smallest absolute Gasteiger partial charge is 0.240 e. The fourth-order valence-electron chi connectivity index (χ4n) is 2.05. The second-order valence-corrected chi connectivity index (χ2v) is 4.27. The molecule has 0 aromatic heterocycles. The molecule has 16 heavy (non-hydrogen) atoms. The summed E-state index contributed by atoms with van der Waals surface area (Å²) >= 11 is 0. The van der Waals surface area contributed by atoms with E-state index in [1.165, 1.54) is 0 Å². The molecule has 0 aromatic rings. The molecule has 0 saturated carbocycles. The molecule has 0 bridgehead atoms. The van der Waals surface area contributed by atoms with Crippen LogP contribution in [0.3, 0.4) is 0 Å². The molecule has 1 aliphatic heterocycles. The van der Waals surface area contributed by atoms with Crippen molar-refractivity contribution >= 4 is 12.2 Å². The topological polar surface area (TPSA) is 89.4 Å². The highest BCUT2D eigenvalue weighted by Crippen LogP contribution is 2.17. The van der Waals surface area contributed by atoms with Crippen LogP contribution in [0.25, 0.3) is 0 Å². The van der Waals surface area contributed by atoms with Gasteiger partial charge in [0, 0.05) is 6.54 Å². The third-order valence-corrected chi connectivity index (χ3v) is 3.03. The molecule has 2 unspecified atom stereocenters. The monoisotopic (exact) mass is 227 g/mol. The molecule has 4 N–H and O–H groups in total. The lowest BCUT2D eigenvalue weighted by molar-refractivity contribution is -0.135. The maximum absolute atomic E-state index is 11.9. The Hall–Kier alpha value is -0.940. The molecule has 5 heteroatoms. The van der Waals surface area contributed by atoms with Crippen LogP contribution < -0.4 is 11.5 Å². The largest absolute Gasteiger partial charge is 0.332 e. The quantitative estimate of drug-likeness (QED) is 0.478. The van der Waals surface area contributed by atoms with E-state index >= 15 is 0 Å². The van der Waals surface area contributed by atoms with Gasteiger partial charge in [-0.1, -0.05) is 6.42 Å². The SMILES string of the molecule is NCCCCC(N)C(=O)N1CCCC1C=O. The van der Waals surface area contributed by atoms with Crippen LogP contribution in [-0.2, 0) is 9.59 Å². The highest BCUT2D eigenvalue weighted by Gasteiger charge is 2.30. The van der Waals surface area contributed by atoms with Gasteiger partial charge in [-0.2, -0.15) is 0 Å². The Morgan fingerprint density at radius 3 is 2.88 bits per heavy atom. The number of carbonyl (C=O) groups is 2. The van der Waals surface area contributed by atoms with E-state index in [0.717, 1.165) is 32.0 Å². The van der Waals surface area contributed by atoms with Crippen molar-refractivity contribution in [1.29, 1.82) is 0 Å². The zero-order chi connectivity index (χ0) is 12.0. The van der Waals surface area contributed by atoms with Crippen LogP contribution in [0.2, 0.25) is 0 Å². The molecule has 1 saturated heterocycles. The second-order valence-electron chi connectivity index (χ2n) is 4.27. The van der Waals surface area contributed by atoms with Gasteiger partial charge in [-0.05, 0) is 32.2 Å². The molecule has 1 aliphatic rings. The highest BCUT2D eigenvalue weighted by atomic mass is 16.2. The molecule has 5 nitrogen and oxygen atoms in total. The number of unbranched alkanes of at least 4 members (excludes halogenated alkanes) is 1. The molecular formula is C11H21N3O2. The standard InChI is InChI=1S/C11H21N3O2/c12-6-2-1-5-10(13)11(16)14-7-3-4-9(14)8-15/h8-10H,1-7,12-13H2. The Bertz CT molecular complexity index is 245. The van der Waals surface area contributed by atoms with E-state index in [1.54, 1.807) is 4.90 Å². The van der Waals surface area contributed by atoms with Crippen LogP contribution in [-0.4, -0.2) is 42.3 Å². The maximum Gasteiger partial charge on any atom is 0.240 e. The van der Waals surface area contributed by atoms with Gasteiger partial charge in [-0.15, -0.1) is 0 Å². The molecule has 0 spiro atoms. The summed E-state index contributed by atoms with van der Waals surface area (Å²) in [6, 6.07) is -0.736. The van der Waals surface area contributed by atoms with Crippen molar-refractivity contribution in [3.63, 3.8) is 0 Å². The third kappa shape index (κ3) is 3.28. The van der Waals surface area contributed by atoms with E-state index in [2.05, 4.69) is 0 Å². The van der Waals surface area contributed by atoms with Gasteiger partial charge in [0.05, 0.1) is 12.1 Å². The highest BCUT2D eigenvalue weighted by molar-refractivity contribution is 5.84. The first-order valence-corrected chi connectivity index (χ1v) is 5.92. The number of amides is 1. The number of likely N-dealkylation sites (tertiary alicyclic amines) is 1. The average molecular weight is 227 g/mol. The van der Waals surface area contributed by atoms with Crippen LogP contribution in [0.15, 0.2) is 0 Å². The summed E-state index contributed by atoms with van der Waals surface area (Å²) in [6.45, 7) is 1.29. The lowest BCUT2D eigenvalue weighted by atomic mass is 10.1. The van der Waals surface area contributed by atoms with E-state index < -0.39 is 6.04 Å². The Morgan fingerprint density at radius 1 is 1.50 bits per heavy atom. The van der Waals surface area contributed by atoms with E-state index in [-0.39, 0.29) is 11.9 Å². The number of rotatable bonds is 6. The van der Waals surface area contributed by atoms with Crippen molar-refractivity contribution < 1.29 is 9.59 Å². The molecule has 0 radical (unpaired) electrons. The predicted molar refractivity (Wildman–Crippen MR) is 61.7 cm³/mol. The molecule has 0 aromatic carbocycles. The first-order valence-electron chi connectivity index (χ1n) is 5.92. The molecule has 0 aliphatic carbocycles. The van der Waals surface area contributed by atoms with Gasteiger partial charge < -0.3 is 21.2 Å². The van der Waals surface area contributed by atoms with Crippen molar-refractivity contribution in [3.05, 3.63) is 0 Å². The van der Waals surface area contributed by atoms with Gasteiger partial charge in [-0.3, -0.25) is 4.79 Å². The van der Waals surface area contributed by atoms with Gasteiger partial charge in [0.1, 0.15) is 6.29 Å². The number of aldehydes is 1. The number of carbonyl (C=O) groups excluding carboxylic acids is 2. The van der Waals surface area contributed by atoms with E-state index in [1.807, 2.05) is 0 Å². The first kappa shape index (κ1) is 13.1. The van der Waals surface area contributed by atoms with Gasteiger partial charge in [0.2, 0.25) is 5.91 Å². The van der Waals surface area contributed by atoms with E-state index in [9.17, 15) is 9.59 Å². The summed E-state index contributed by atoms with van der Waals surface area (Å²) in [5, 5.41) is 0. The summed E-state index contributed by atoms with van der Waals surface area (Å²) < 4.78 is 0.